The van der Waals surface area contributed by atoms with E-state index in [0.29, 0.717) is 17.7 Å². The van der Waals surface area contributed by atoms with Crippen LogP contribution in [0, 0.1) is 11.8 Å². The number of carbonyl (C=O) groups is 3. The zero-order valence-corrected chi connectivity index (χ0v) is 13.7. The zero-order chi connectivity index (χ0) is 17.1. The maximum atomic E-state index is 12.3. The molecule has 1 aromatic carbocycles. The summed E-state index contributed by atoms with van der Waals surface area (Å²) in [5, 5.41) is 5.82. The molecule has 128 valence electrons. The predicted octanol–water partition coefficient (Wildman–Crippen LogP) is 2.11. The summed E-state index contributed by atoms with van der Waals surface area (Å²) < 4.78 is 4.66. The monoisotopic (exact) mass is 330 g/mol. The van der Waals surface area contributed by atoms with E-state index >= 15 is 0 Å². The Morgan fingerprint density at radius 2 is 1.79 bits per heavy atom. The van der Waals surface area contributed by atoms with Gasteiger partial charge in [0.15, 0.2) is 0 Å². The Morgan fingerprint density at radius 1 is 1.08 bits per heavy atom. The van der Waals surface area contributed by atoms with Gasteiger partial charge < -0.3 is 15.4 Å². The molecular weight excluding hydrogens is 308 g/mol. The third-order valence-electron chi connectivity index (χ3n) is 4.72. The number of amides is 2. The van der Waals surface area contributed by atoms with Crippen LogP contribution in [0.3, 0.4) is 0 Å². The number of ether oxygens (including phenoxy) is 1. The number of rotatable bonds is 5. The average molecular weight is 330 g/mol. The molecule has 2 aliphatic rings. The standard InChI is InChI=1S/C18H22N2O4/c1-24-18(23)11-5-4-8-13(9-11)20-17(22)15-10-14(15)16(21)19-12-6-2-3-7-12/h4-5,8-9,12,14-15H,2-3,6-7,10H2,1H3,(H,19,21)(H,20,22). The minimum absolute atomic E-state index is 0.00892. The van der Waals surface area contributed by atoms with Crippen molar-refractivity contribution in [1.82, 2.24) is 5.32 Å². The fourth-order valence-electron chi connectivity index (χ4n) is 3.23. The van der Waals surface area contributed by atoms with Crippen LogP contribution in [0.4, 0.5) is 5.69 Å². The summed E-state index contributed by atoms with van der Waals surface area (Å²) in [6.07, 6.45) is 4.98. The highest BCUT2D eigenvalue weighted by molar-refractivity contribution is 6.00. The van der Waals surface area contributed by atoms with E-state index in [0.717, 1.165) is 25.7 Å². The van der Waals surface area contributed by atoms with E-state index in [4.69, 9.17) is 0 Å². The van der Waals surface area contributed by atoms with Gasteiger partial charge in [0.25, 0.3) is 0 Å². The molecule has 1 aromatic rings. The second kappa shape index (κ2) is 7.03. The quantitative estimate of drug-likeness (QED) is 0.810. The van der Waals surface area contributed by atoms with E-state index in [-0.39, 0.29) is 29.7 Å². The molecule has 6 nitrogen and oxygen atoms in total. The molecule has 2 aliphatic carbocycles. The summed E-state index contributed by atoms with van der Waals surface area (Å²) in [4.78, 5) is 35.9. The van der Waals surface area contributed by atoms with Crippen molar-refractivity contribution < 1.29 is 19.1 Å². The predicted molar refractivity (Wildman–Crippen MR) is 88.4 cm³/mol. The number of esters is 1. The maximum absolute atomic E-state index is 12.3. The van der Waals surface area contributed by atoms with Gasteiger partial charge in [-0.3, -0.25) is 9.59 Å². The van der Waals surface area contributed by atoms with Crippen LogP contribution in [0.1, 0.15) is 42.5 Å². The van der Waals surface area contributed by atoms with Crippen LogP contribution in [0.2, 0.25) is 0 Å². The fraction of sp³-hybridized carbons (Fsp3) is 0.500. The van der Waals surface area contributed by atoms with Gasteiger partial charge in [-0.25, -0.2) is 4.79 Å². The van der Waals surface area contributed by atoms with Crippen molar-refractivity contribution in [3.8, 4) is 0 Å². The molecule has 0 spiro atoms. The Labute approximate surface area is 140 Å². The molecule has 0 saturated heterocycles. The molecule has 3 rings (SSSR count). The van der Waals surface area contributed by atoms with Crippen LogP contribution in [0.15, 0.2) is 24.3 Å². The average Bonchev–Trinajstić information content (AvgIpc) is 3.25. The first kappa shape index (κ1) is 16.5. The molecule has 0 aromatic heterocycles. The lowest BCUT2D eigenvalue weighted by Crippen LogP contribution is -2.34. The second-order valence-corrected chi connectivity index (χ2v) is 6.50. The van der Waals surface area contributed by atoms with Crippen LogP contribution in [-0.4, -0.2) is 30.9 Å². The smallest absolute Gasteiger partial charge is 0.337 e. The van der Waals surface area contributed by atoms with Crippen LogP contribution in [0.25, 0.3) is 0 Å². The maximum Gasteiger partial charge on any atom is 0.337 e. The fourth-order valence-corrected chi connectivity index (χ4v) is 3.23. The zero-order valence-electron chi connectivity index (χ0n) is 13.7. The van der Waals surface area contributed by atoms with Crippen LogP contribution >= 0.6 is 0 Å². The molecule has 6 heteroatoms. The topological polar surface area (TPSA) is 84.5 Å². The van der Waals surface area contributed by atoms with E-state index < -0.39 is 5.97 Å². The Morgan fingerprint density at radius 3 is 2.50 bits per heavy atom. The van der Waals surface area contributed by atoms with Gasteiger partial charge in [-0.15, -0.1) is 0 Å². The largest absolute Gasteiger partial charge is 0.465 e. The Bertz CT molecular complexity index is 652. The van der Waals surface area contributed by atoms with Crippen LogP contribution in [0.5, 0.6) is 0 Å². The third-order valence-corrected chi connectivity index (χ3v) is 4.72. The number of carbonyl (C=O) groups excluding carboxylic acids is 3. The molecule has 2 atom stereocenters. The van der Waals surface area contributed by atoms with Crippen molar-refractivity contribution in [3.63, 3.8) is 0 Å². The van der Waals surface area contributed by atoms with Gasteiger partial charge in [-0.2, -0.15) is 0 Å². The van der Waals surface area contributed by atoms with E-state index in [9.17, 15) is 14.4 Å². The van der Waals surface area contributed by atoms with E-state index in [1.54, 1.807) is 24.3 Å². The molecule has 2 amide bonds. The molecule has 2 unspecified atom stereocenters. The Balaban J connectivity index is 1.53. The molecule has 0 bridgehead atoms. The molecule has 0 aliphatic heterocycles. The van der Waals surface area contributed by atoms with E-state index in [1.807, 2.05) is 0 Å². The lowest BCUT2D eigenvalue weighted by molar-refractivity contribution is -0.125. The summed E-state index contributed by atoms with van der Waals surface area (Å²) in [6, 6.07) is 6.86. The minimum atomic E-state index is -0.452. The molecule has 2 saturated carbocycles. The lowest BCUT2D eigenvalue weighted by atomic mass is 10.2. The first-order chi connectivity index (χ1) is 11.6. The van der Waals surface area contributed by atoms with Crippen molar-refractivity contribution in [2.75, 3.05) is 12.4 Å². The number of benzene rings is 1. The molecule has 24 heavy (non-hydrogen) atoms. The second-order valence-electron chi connectivity index (χ2n) is 6.50. The van der Waals surface area contributed by atoms with Gasteiger partial charge >= 0.3 is 5.97 Å². The van der Waals surface area contributed by atoms with Crippen molar-refractivity contribution in [1.29, 1.82) is 0 Å². The van der Waals surface area contributed by atoms with Crippen molar-refractivity contribution >= 4 is 23.5 Å². The number of anilines is 1. The highest BCUT2D eigenvalue weighted by atomic mass is 16.5. The lowest BCUT2D eigenvalue weighted by Gasteiger charge is -2.11. The molecule has 0 radical (unpaired) electrons. The summed E-state index contributed by atoms with van der Waals surface area (Å²) >= 11 is 0. The van der Waals surface area contributed by atoms with Gasteiger partial charge in [0.2, 0.25) is 11.8 Å². The van der Waals surface area contributed by atoms with Gasteiger partial charge in [0.1, 0.15) is 0 Å². The van der Waals surface area contributed by atoms with Crippen LogP contribution < -0.4 is 10.6 Å². The summed E-state index contributed by atoms with van der Waals surface area (Å²) in [7, 11) is 1.31. The van der Waals surface area contributed by atoms with E-state index in [1.165, 1.54) is 7.11 Å². The Kier molecular flexibility index (Phi) is 4.83. The molecule has 2 fully saturated rings. The van der Waals surface area contributed by atoms with Gasteiger partial charge in [-0.1, -0.05) is 18.9 Å². The van der Waals surface area contributed by atoms with Crippen molar-refractivity contribution in [2.24, 2.45) is 11.8 Å². The van der Waals surface area contributed by atoms with Crippen molar-refractivity contribution in [2.45, 2.75) is 38.1 Å². The first-order valence-electron chi connectivity index (χ1n) is 8.38. The first-order valence-corrected chi connectivity index (χ1v) is 8.38. The van der Waals surface area contributed by atoms with Gasteiger partial charge in [0.05, 0.1) is 24.5 Å². The normalized spacial score (nSPS) is 22.7. The minimum Gasteiger partial charge on any atom is -0.465 e. The van der Waals surface area contributed by atoms with Gasteiger partial charge in [0, 0.05) is 11.7 Å². The Hall–Kier alpha value is -2.37. The van der Waals surface area contributed by atoms with E-state index in [2.05, 4.69) is 15.4 Å². The number of methoxy groups -OCH3 is 1. The summed E-state index contributed by atoms with van der Waals surface area (Å²) in [6.45, 7) is 0. The molecule has 0 heterocycles. The summed E-state index contributed by atoms with van der Waals surface area (Å²) in [5.41, 5.74) is 0.909. The number of hydrogen-bond donors (Lipinski definition) is 2. The number of nitrogens with one attached hydrogen (secondary N) is 2. The van der Waals surface area contributed by atoms with Gasteiger partial charge in [-0.05, 0) is 37.5 Å². The van der Waals surface area contributed by atoms with Crippen molar-refractivity contribution in [3.05, 3.63) is 29.8 Å². The molecule has 2 N–H and O–H groups in total. The highest BCUT2D eigenvalue weighted by Gasteiger charge is 2.48. The number of hydrogen-bond acceptors (Lipinski definition) is 4. The highest BCUT2D eigenvalue weighted by Crippen LogP contribution is 2.40. The summed E-state index contributed by atoms with van der Waals surface area (Å²) in [5.74, 6) is -1.15. The molecular formula is C18H22N2O4. The SMILES string of the molecule is COC(=O)c1cccc(NC(=O)C2CC2C(=O)NC2CCCC2)c1. The van der Waals surface area contributed by atoms with Crippen LogP contribution in [-0.2, 0) is 14.3 Å². The third kappa shape index (κ3) is 3.75.